The second-order valence-electron chi connectivity index (χ2n) is 6.24. The van der Waals surface area contributed by atoms with Crippen LogP contribution in [0.5, 0.6) is 0 Å². The lowest BCUT2D eigenvalue weighted by Crippen LogP contribution is -2.48. The van der Waals surface area contributed by atoms with Gasteiger partial charge in [-0.15, -0.1) is 0 Å². The summed E-state index contributed by atoms with van der Waals surface area (Å²) in [6, 6.07) is 0.0537. The molecule has 1 saturated heterocycles. The Balaban J connectivity index is 2.01. The van der Waals surface area contributed by atoms with E-state index in [9.17, 15) is 4.79 Å². The van der Waals surface area contributed by atoms with Crippen molar-refractivity contribution in [1.29, 1.82) is 0 Å². The summed E-state index contributed by atoms with van der Waals surface area (Å²) in [5.41, 5.74) is 0.0514. The Morgan fingerprint density at radius 3 is 2.56 bits per heavy atom. The van der Waals surface area contributed by atoms with E-state index in [0.717, 1.165) is 19.0 Å². The summed E-state index contributed by atoms with van der Waals surface area (Å²) in [5.74, 6) is 1.60. The maximum Gasteiger partial charge on any atom is 0.241 e. The second kappa shape index (κ2) is 4.02. The van der Waals surface area contributed by atoms with Crippen LogP contribution in [0.4, 0.5) is 0 Å². The zero-order chi connectivity index (χ0) is 11.9. The smallest absolute Gasteiger partial charge is 0.241 e. The predicted octanol–water partition coefficient (Wildman–Crippen LogP) is 1.98. The normalized spacial score (nSPS) is 26.9. The number of carbonyl (C=O) groups excluding carboxylic acids is 1. The first-order valence-corrected chi connectivity index (χ1v) is 6.47. The summed E-state index contributed by atoms with van der Waals surface area (Å²) in [5, 5.41) is 3.35. The fraction of sp³-hybridized carbons (Fsp3) is 0.923. The van der Waals surface area contributed by atoms with Crippen molar-refractivity contribution >= 4 is 5.91 Å². The molecule has 0 aromatic carbocycles. The molecule has 3 nitrogen and oxygen atoms in total. The van der Waals surface area contributed by atoms with Crippen LogP contribution in [0.15, 0.2) is 0 Å². The van der Waals surface area contributed by atoms with E-state index in [2.05, 4.69) is 37.9 Å². The number of rotatable bonds is 4. The SMILES string of the molecule is CC(C)CC1NCN(C(C)(C)C2CC2)C1=O. The topological polar surface area (TPSA) is 32.3 Å². The highest BCUT2D eigenvalue weighted by atomic mass is 16.2. The van der Waals surface area contributed by atoms with Crippen molar-refractivity contribution in [2.24, 2.45) is 11.8 Å². The minimum atomic E-state index is 0.0514. The molecule has 2 rings (SSSR count). The summed E-state index contributed by atoms with van der Waals surface area (Å²) in [7, 11) is 0. The molecule has 1 saturated carbocycles. The average molecular weight is 224 g/mol. The fourth-order valence-electron chi connectivity index (χ4n) is 2.71. The van der Waals surface area contributed by atoms with Crippen molar-refractivity contribution in [3.05, 3.63) is 0 Å². The molecule has 0 aromatic rings. The molecule has 0 aromatic heterocycles. The molecular formula is C13H24N2O. The molecule has 0 spiro atoms. The van der Waals surface area contributed by atoms with Crippen LogP contribution < -0.4 is 5.32 Å². The fourth-order valence-corrected chi connectivity index (χ4v) is 2.71. The molecule has 0 bridgehead atoms. The van der Waals surface area contributed by atoms with E-state index in [1.54, 1.807) is 0 Å². The van der Waals surface area contributed by atoms with Crippen LogP contribution in [0.25, 0.3) is 0 Å². The third-order valence-electron chi connectivity index (χ3n) is 4.04. The lowest BCUT2D eigenvalue weighted by Gasteiger charge is -2.35. The summed E-state index contributed by atoms with van der Waals surface area (Å²) < 4.78 is 0. The molecule has 1 atom stereocenters. The molecule has 92 valence electrons. The van der Waals surface area contributed by atoms with Crippen molar-refractivity contribution in [1.82, 2.24) is 10.2 Å². The van der Waals surface area contributed by atoms with E-state index in [1.165, 1.54) is 12.8 Å². The van der Waals surface area contributed by atoms with Crippen LogP contribution in [0.3, 0.4) is 0 Å². The van der Waals surface area contributed by atoms with Gasteiger partial charge in [-0.3, -0.25) is 10.1 Å². The van der Waals surface area contributed by atoms with Gasteiger partial charge in [0.1, 0.15) is 0 Å². The standard InChI is InChI=1S/C13H24N2O/c1-9(2)7-11-12(16)15(8-14-11)13(3,4)10-5-6-10/h9-11,14H,5-8H2,1-4H3. The molecule has 1 aliphatic heterocycles. The van der Waals surface area contributed by atoms with Gasteiger partial charge in [0, 0.05) is 5.54 Å². The van der Waals surface area contributed by atoms with Crippen LogP contribution in [-0.4, -0.2) is 29.1 Å². The first kappa shape index (κ1) is 11.9. The third kappa shape index (κ3) is 2.10. The first-order valence-electron chi connectivity index (χ1n) is 6.47. The number of nitrogens with zero attached hydrogens (tertiary/aromatic N) is 1. The van der Waals surface area contributed by atoms with Gasteiger partial charge in [-0.05, 0) is 44.9 Å². The van der Waals surface area contributed by atoms with Crippen molar-refractivity contribution < 1.29 is 4.79 Å². The highest BCUT2D eigenvalue weighted by molar-refractivity contribution is 5.84. The predicted molar refractivity (Wildman–Crippen MR) is 64.9 cm³/mol. The van der Waals surface area contributed by atoms with E-state index in [1.807, 2.05) is 0 Å². The van der Waals surface area contributed by atoms with Gasteiger partial charge in [-0.1, -0.05) is 13.8 Å². The Kier molecular flexibility index (Phi) is 2.99. The van der Waals surface area contributed by atoms with E-state index < -0.39 is 0 Å². The molecule has 0 radical (unpaired) electrons. The Labute approximate surface area is 98.6 Å². The lowest BCUT2D eigenvalue weighted by atomic mass is 9.95. The number of nitrogens with one attached hydrogen (secondary N) is 1. The molecule has 1 N–H and O–H groups in total. The molecular weight excluding hydrogens is 200 g/mol. The van der Waals surface area contributed by atoms with Crippen molar-refractivity contribution in [2.45, 2.75) is 58.5 Å². The molecule has 1 amide bonds. The first-order chi connectivity index (χ1) is 7.43. The third-order valence-corrected chi connectivity index (χ3v) is 4.04. The summed E-state index contributed by atoms with van der Waals surface area (Å²) in [4.78, 5) is 14.3. The molecule has 2 fully saturated rings. The molecule has 1 unspecified atom stereocenters. The Morgan fingerprint density at radius 2 is 2.06 bits per heavy atom. The van der Waals surface area contributed by atoms with E-state index in [4.69, 9.17) is 0 Å². The molecule has 2 aliphatic rings. The zero-order valence-corrected chi connectivity index (χ0v) is 10.9. The Morgan fingerprint density at radius 1 is 1.44 bits per heavy atom. The average Bonchev–Trinajstić information content (AvgIpc) is 2.94. The van der Waals surface area contributed by atoms with Crippen LogP contribution >= 0.6 is 0 Å². The molecule has 3 heteroatoms. The number of carbonyl (C=O) groups is 1. The molecule has 1 aliphatic carbocycles. The highest BCUT2D eigenvalue weighted by Gasteiger charge is 2.47. The van der Waals surface area contributed by atoms with Crippen LogP contribution in [0, 0.1) is 11.8 Å². The highest BCUT2D eigenvalue weighted by Crippen LogP contribution is 2.43. The quantitative estimate of drug-likeness (QED) is 0.792. The van der Waals surface area contributed by atoms with Crippen LogP contribution in [0.1, 0.15) is 47.0 Å². The van der Waals surface area contributed by atoms with Gasteiger partial charge in [0.05, 0.1) is 12.7 Å². The van der Waals surface area contributed by atoms with Crippen LogP contribution in [-0.2, 0) is 4.79 Å². The van der Waals surface area contributed by atoms with Gasteiger partial charge in [0.2, 0.25) is 5.91 Å². The van der Waals surface area contributed by atoms with Gasteiger partial charge in [0.25, 0.3) is 0 Å². The summed E-state index contributed by atoms with van der Waals surface area (Å²) in [6.45, 7) is 9.50. The summed E-state index contributed by atoms with van der Waals surface area (Å²) >= 11 is 0. The molecule has 1 heterocycles. The van der Waals surface area contributed by atoms with Gasteiger partial charge >= 0.3 is 0 Å². The monoisotopic (exact) mass is 224 g/mol. The summed E-state index contributed by atoms with van der Waals surface area (Å²) in [6.07, 6.45) is 3.52. The second-order valence-corrected chi connectivity index (χ2v) is 6.24. The number of hydrogen-bond donors (Lipinski definition) is 1. The lowest BCUT2D eigenvalue weighted by molar-refractivity contribution is -0.134. The van der Waals surface area contributed by atoms with Crippen molar-refractivity contribution in [3.8, 4) is 0 Å². The maximum atomic E-state index is 12.3. The zero-order valence-electron chi connectivity index (χ0n) is 10.9. The van der Waals surface area contributed by atoms with Gasteiger partial charge in [0.15, 0.2) is 0 Å². The van der Waals surface area contributed by atoms with Crippen molar-refractivity contribution in [3.63, 3.8) is 0 Å². The Hall–Kier alpha value is -0.570. The minimum Gasteiger partial charge on any atom is -0.323 e. The number of amides is 1. The largest absolute Gasteiger partial charge is 0.323 e. The number of hydrogen-bond acceptors (Lipinski definition) is 2. The minimum absolute atomic E-state index is 0.0514. The Bertz CT molecular complexity index is 282. The van der Waals surface area contributed by atoms with Gasteiger partial charge in [-0.2, -0.15) is 0 Å². The van der Waals surface area contributed by atoms with Gasteiger partial charge < -0.3 is 4.90 Å². The van der Waals surface area contributed by atoms with Crippen LogP contribution in [0.2, 0.25) is 0 Å². The van der Waals surface area contributed by atoms with Gasteiger partial charge in [-0.25, -0.2) is 0 Å². The van der Waals surface area contributed by atoms with Crippen molar-refractivity contribution in [2.75, 3.05) is 6.67 Å². The molecule has 16 heavy (non-hydrogen) atoms. The van der Waals surface area contributed by atoms with E-state index >= 15 is 0 Å². The van der Waals surface area contributed by atoms with E-state index in [0.29, 0.717) is 11.8 Å². The van der Waals surface area contributed by atoms with E-state index in [-0.39, 0.29) is 11.6 Å². The maximum absolute atomic E-state index is 12.3.